The highest BCUT2D eigenvalue weighted by Gasteiger charge is 2.24. The molecular weight excluding hydrogens is 304 g/mol. The molecule has 1 aromatic carbocycles. The fourth-order valence-corrected chi connectivity index (χ4v) is 3.56. The van der Waals surface area contributed by atoms with E-state index in [0.717, 1.165) is 56.7 Å². The van der Waals surface area contributed by atoms with Crippen LogP contribution in [-0.4, -0.2) is 64.0 Å². The first-order valence-corrected chi connectivity index (χ1v) is 8.79. The quantitative estimate of drug-likeness (QED) is 0.899. The highest BCUT2D eigenvalue weighted by atomic mass is 16.5. The summed E-state index contributed by atoms with van der Waals surface area (Å²) in [7, 11) is 0. The van der Waals surface area contributed by atoms with E-state index < -0.39 is 0 Å². The van der Waals surface area contributed by atoms with Crippen LogP contribution in [0, 0.1) is 5.92 Å². The zero-order valence-corrected chi connectivity index (χ0v) is 13.8. The van der Waals surface area contributed by atoms with E-state index in [1.54, 1.807) is 4.68 Å². The van der Waals surface area contributed by atoms with Gasteiger partial charge in [-0.05, 0) is 47.7 Å². The molecule has 0 bridgehead atoms. The first-order valence-electron chi connectivity index (χ1n) is 8.79. The Morgan fingerprint density at radius 1 is 1.12 bits per heavy atom. The van der Waals surface area contributed by atoms with Crippen molar-refractivity contribution in [1.82, 2.24) is 25.1 Å². The molecule has 1 N–H and O–H groups in total. The lowest BCUT2D eigenvalue weighted by molar-refractivity contribution is 0.154. The third-order valence-corrected chi connectivity index (χ3v) is 4.93. The van der Waals surface area contributed by atoms with E-state index in [1.165, 1.54) is 13.0 Å². The lowest BCUT2D eigenvalue weighted by atomic mass is 10.0. The van der Waals surface area contributed by atoms with Crippen molar-refractivity contribution in [3.63, 3.8) is 0 Å². The summed E-state index contributed by atoms with van der Waals surface area (Å²) in [5.41, 5.74) is 0.976. The van der Waals surface area contributed by atoms with Crippen LogP contribution in [0.3, 0.4) is 0 Å². The molecule has 2 aliphatic rings. The number of nitrogens with zero attached hydrogens (tertiary/aromatic N) is 5. The molecule has 128 valence electrons. The number of likely N-dealkylation sites (tertiary alicyclic amines) is 1. The van der Waals surface area contributed by atoms with Gasteiger partial charge in [0, 0.05) is 32.3 Å². The summed E-state index contributed by atoms with van der Waals surface area (Å²) < 4.78 is 7.25. The molecule has 2 aromatic rings. The lowest BCUT2D eigenvalue weighted by Gasteiger charge is -2.33. The predicted octanol–water partition coefficient (Wildman–Crippen LogP) is 1.58. The highest BCUT2D eigenvalue weighted by molar-refractivity contribution is 5.38. The van der Waals surface area contributed by atoms with Crippen LogP contribution in [0.5, 0.6) is 0 Å². The zero-order chi connectivity index (χ0) is 16.2. The average molecular weight is 328 g/mol. The number of ether oxygens (including phenoxy) is 1. The summed E-state index contributed by atoms with van der Waals surface area (Å²) in [5.74, 6) is 1.45. The van der Waals surface area contributed by atoms with Gasteiger partial charge in [-0.2, -0.15) is 4.68 Å². The maximum Gasteiger partial charge on any atom is 0.247 e. The van der Waals surface area contributed by atoms with Gasteiger partial charge in [-0.15, -0.1) is 0 Å². The molecule has 2 saturated heterocycles. The summed E-state index contributed by atoms with van der Waals surface area (Å²) in [5, 5.41) is 15.6. The second-order valence-corrected chi connectivity index (χ2v) is 6.70. The largest absolute Gasteiger partial charge is 0.381 e. The second-order valence-electron chi connectivity index (χ2n) is 6.70. The van der Waals surface area contributed by atoms with Crippen molar-refractivity contribution >= 4 is 5.95 Å². The van der Waals surface area contributed by atoms with Crippen LogP contribution < -0.4 is 5.32 Å². The third kappa shape index (κ3) is 3.57. The van der Waals surface area contributed by atoms with E-state index in [-0.39, 0.29) is 0 Å². The Bertz CT molecular complexity index is 632. The van der Waals surface area contributed by atoms with Gasteiger partial charge in [0.05, 0.1) is 12.3 Å². The van der Waals surface area contributed by atoms with E-state index in [2.05, 4.69) is 25.7 Å². The molecule has 7 nitrogen and oxygen atoms in total. The van der Waals surface area contributed by atoms with Crippen LogP contribution in [-0.2, 0) is 4.74 Å². The first-order chi connectivity index (χ1) is 11.9. The monoisotopic (exact) mass is 328 g/mol. The van der Waals surface area contributed by atoms with Gasteiger partial charge in [-0.3, -0.25) is 0 Å². The molecule has 1 unspecified atom stereocenters. The fraction of sp³-hybridized carbons (Fsp3) is 0.588. The fourth-order valence-electron chi connectivity index (χ4n) is 3.56. The maximum absolute atomic E-state index is 5.48. The SMILES string of the molecule is c1ccc(-n2nnnc2NC2CCN(CC3CCOC3)CC2)cc1. The van der Waals surface area contributed by atoms with Crippen molar-refractivity contribution in [3.8, 4) is 5.69 Å². The number of aromatic nitrogens is 4. The topological polar surface area (TPSA) is 68.1 Å². The number of tetrazole rings is 1. The highest BCUT2D eigenvalue weighted by Crippen LogP contribution is 2.20. The number of hydrogen-bond donors (Lipinski definition) is 1. The Kier molecular flexibility index (Phi) is 4.71. The first kappa shape index (κ1) is 15.5. The van der Waals surface area contributed by atoms with Crippen molar-refractivity contribution in [2.24, 2.45) is 5.92 Å². The summed E-state index contributed by atoms with van der Waals surface area (Å²) in [6, 6.07) is 10.4. The Morgan fingerprint density at radius 3 is 2.71 bits per heavy atom. The minimum Gasteiger partial charge on any atom is -0.381 e. The average Bonchev–Trinajstić information content (AvgIpc) is 3.29. The molecule has 2 fully saturated rings. The van der Waals surface area contributed by atoms with Gasteiger partial charge in [-0.1, -0.05) is 23.3 Å². The molecule has 1 aromatic heterocycles. The summed E-state index contributed by atoms with van der Waals surface area (Å²) in [4.78, 5) is 2.57. The minimum absolute atomic E-state index is 0.426. The number of benzene rings is 1. The Labute approximate surface area is 142 Å². The Hall–Kier alpha value is -1.99. The number of piperidine rings is 1. The molecule has 7 heteroatoms. The Balaban J connectivity index is 1.32. The second kappa shape index (κ2) is 7.27. The maximum atomic E-state index is 5.48. The number of hydrogen-bond acceptors (Lipinski definition) is 6. The van der Waals surface area contributed by atoms with Crippen LogP contribution in [0.25, 0.3) is 5.69 Å². The smallest absolute Gasteiger partial charge is 0.247 e. The van der Waals surface area contributed by atoms with Gasteiger partial charge in [0.1, 0.15) is 0 Å². The van der Waals surface area contributed by atoms with E-state index >= 15 is 0 Å². The number of rotatable bonds is 5. The lowest BCUT2D eigenvalue weighted by Crippen LogP contribution is -2.41. The molecule has 0 radical (unpaired) electrons. The van der Waals surface area contributed by atoms with Crippen LogP contribution in [0.4, 0.5) is 5.95 Å². The summed E-state index contributed by atoms with van der Waals surface area (Å²) >= 11 is 0. The van der Waals surface area contributed by atoms with Gasteiger partial charge in [0.25, 0.3) is 0 Å². The van der Waals surface area contributed by atoms with Crippen LogP contribution in [0.2, 0.25) is 0 Å². The van der Waals surface area contributed by atoms with Crippen molar-refractivity contribution in [2.75, 3.05) is 38.2 Å². The molecule has 2 aliphatic heterocycles. The van der Waals surface area contributed by atoms with Gasteiger partial charge >= 0.3 is 0 Å². The van der Waals surface area contributed by atoms with E-state index in [1.807, 2.05) is 30.3 Å². The van der Waals surface area contributed by atoms with E-state index in [9.17, 15) is 0 Å². The van der Waals surface area contributed by atoms with Crippen molar-refractivity contribution in [1.29, 1.82) is 0 Å². The van der Waals surface area contributed by atoms with Gasteiger partial charge < -0.3 is 15.0 Å². The third-order valence-electron chi connectivity index (χ3n) is 4.93. The molecule has 0 saturated carbocycles. The van der Waals surface area contributed by atoms with Crippen LogP contribution in [0.15, 0.2) is 30.3 Å². The number of anilines is 1. The molecule has 0 amide bonds. The molecule has 4 rings (SSSR count). The molecule has 3 heterocycles. The zero-order valence-electron chi connectivity index (χ0n) is 13.8. The minimum atomic E-state index is 0.426. The normalized spacial score (nSPS) is 22.8. The van der Waals surface area contributed by atoms with Gasteiger partial charge in [0.15, 0.2) is 0 Å². The molecule has 0 spiro atoms. The number of para-hydroxylation sites is 1. The summed E-state index contributed by atoms with van der Waals surface area (Å²) in [6.45, 7) is 5.30. The predicted molar refractivity (Wildman–Crippen MR) is 91.2 cm³/mol. The standard InChI is InChI=1S/C17H24N6O/c1-2-4-16(5-3-1)23-17(19-20-21-23)18-15-6-9-22(10-7-15)12-14-8-11-24-13-14/h1-5,14-15H,6-13H2,(H,18,19,21). The molecular formula is C17H24N6O. The summed E-state index contributed by atoms with van der Waals surface area (Å²) in [6.07, 6.45) is 3.45. The van der Waals surface area contributed by atoms with Crippen molar-refractivity contribution < 1.29 is 4.74 Å². The van der Waals surface area contributed by atoms with E-state index in [4.69, 9.17) is 4.74 Å². The van der Waals surface area contributed by atoms with Crippen LogP contribution >= 0.6 is 0 Å². The molecule has 0 aliphatic carbocycles. The van der Waals surface area contributed by atoms with Crippen molar-refractivity contribution in [2.45, 2.75) is 25.3 Å². The van der Waals surface area contributed by atoms with Crippen molar-refractivity contribution in [3.05, 3.63) is 30.3 Å². The van der Waals surface area contributed by atoms with Crippen LogP contribution in [0.1, 0.15) is 19.3 Å². The molecule has 24 heavy (non-hydrogen) atoms. The number of nitrogens with one attached hydrogen (secondary N) is 1. The Morgan fingerprint density at radius 2 is 1.96 bits per heavy atom. The molecule has 1 atom stereocenters. The van der Waals surface area contributed by atoms with Gasteiger partial charge in [-0.25, -0.2) is 0 Å². The van der Waals surface area contributed by atoms with E-state index in [0.29, 0.717) is 6.04 Å². The van der Waals surface area contributed by atoms with Gasteiger partial charge in [0.2, 0.25) is 5.95 Å².